The minimum Gasteiger partial charge on any atom is -0.493 e. The van der Waals surface area contributed by atoms with Crippen molar-refractivity contribution in [3.8, 4) is 34.1 Å². The lowest BCUT2D eigenvalue weighted by Crippen LogP contribution is -2.54. The molecule has 0 bridgehead atoms. The first kappa shape index (κ1) is 60.9. The molecule has 9 N–H and O–H groups in total. The van der Waals surface area contributed by atoms with Crippen LogP contribution in [0.4, 0.5) is 10.5 Å². The van der Waals surface area contributed by atoms with Crippen LogP contribution in [0.1, 0.15) is 114 Å². The number of fused-ring (bicyclic) bond motifs is 3. The molecule has 0 aromatic heterocycles. The van der Waals surface area contributed by atoms with Gasteiger partial charge in [0.15, 0.2) is 17.2 Å². The van der Waals surface area contributed by atoms with Crippen LogP contribution >= 0.6 is 0 Å². The molecule has 1 fully saturated rings. The van der Waals surface area contributed by atoms with E-state index < -0.39 is 59.7 Å². The molecule has 78 heavy (non-hydrogen) atoms. The highest BCUT2D eigenvalue weighted by Gasteiger charge is 2.32. The van der Waals surface area contributed by atoms with Crippen LogP contribution in [-0.2, 0) is 51.4 Å². The lowest BCUT2D eigenvalue weighted by atomic mass is 9.95. The maximum absolute atomic E-state index is 13.6. The Hall–Kier alpha value is -7.95. The zero-order valence-corrected chi connectivity index (χ0v) is 45.2. The first-order valence-corrected chi connectivity index (χ1v) is 26.2. The molecule has 3 aromatic rings. The van der Waals surface area contributed by atoms with Crippen molar-refractivity contribution in [1.29, 1.82) is 0 Å². The van der Waals surface area contributed by atoms with Gasteiger partial charge in [0.25, 0.3) is 0 Å². The van der Waals surface area contributed by atoms with Gasteiger partial charge in [0.1, 0.15) is 12.1 Å². The summed E-state index contributed by atoms with van der Waals surface area (Å²) in [7, 11) is 5.99. The molecule has 23 nitrogen and oxygen atoms in total. The number of hydrogen-bond acceptors (Lipinski definition) is 14. The molecule has 0 saturated carbocycles. The van der Waals surface area contributed by atoms with Gasteiger partial charge in [-0.3, -0.25) is 43.2 Å². The van der Waals surface area contributed by atoms with Crippen molar-refractivity contribution in [1.82, 2.24) is 31.6 Å². The van der Waals surface area contributed by atoms with E-state index in [-0.39, 0.29) is 87.0 Å². The quantitative estimate of drug-likeness (QED) is 0.0374. The summed E-state index contributed by atoms with van der Waals surface area (Å²) in [6.45, 7) is 4.29. The van der Waals surface area contributed by atoms with Gasteiger partial charge in [-0.05, 0) is 116 Å². The van der Waals surface area contributed by atoms with E-state index in [1.165, 1.54) is 34.5 Å². The van der Waals surface area contributed by atoms with Crippen molar-refractivity contribution in [3.05, 3.63) is 75.4 Å². The lowest BCUT2D eigenvalue weighted by Gasteiger charge is -2.30. The Kier molecular flexibility index (Phi) is 23.5. The SMILES string of the molecule is COc1cc2c(c(OC)c1OC)-c1ccc(OC)c(=O)cc1C(NC(=O)CCCCC(=O)NOCc1ccc(NC(=O)C(CCCNC(N)=O)NC(=O)C(NC(=O)CCCC(=O)N3CCC(C(=O)O)CC3)C(C)C)cc1)CC2. The van der Waals surface area contributed by atoms with Gasteiger partial charge in [0.05, 0.1) is 47.0 Å². The molecule has 23 heteroatoms. The Morgan fingerprint density at radius 2 is 1.40 bits per heavy atom. The maximum atomic E-state index is 13.6. The Bertz CT molecular complexity index is 2680. The zero-order chi connectivity index (χ0) is 56.9. The minimum absolute atomic E-state index is 0.00711. The minimum atomic E-state index is -1.08. The Balaban J connectivity index is 1.07. The van der Waals surface area contributed by atoms with E-state index in [1.807, 2.05) is 6.07 Å². The van der Waals surface area contributed by atoms with Crippen LogP contribution in [0.2, 0.25) is 0 Å². The van der Waals surface area contributed by atoms with Gasteiger partial charge >= 0.3 is 12.0 Å². The number of primary amides is 1. The number of ether oxygens (including phenoxy) is 4. The molecule has 1 aliphatic heterocycles. The molecule has 0 radical (unpaired) electrons. The van der Waals surface area contributed by atoms with E-state index in [0.29, 0.717) is 96.8 Å². The van der Waals surface area contributed by atoms with Crippen LogP contribution in [0.15, 0.2) is 53.3 Å². The highest BCUT2D eigenvalue weighted by atomic mass is 16.6. The van der Waals surface area contributed by atoms with E-state index >= 15 is 0 Å². The number of nitrogens with two attached hydrogens (primary N) is 1. The standard InChI is InChI=1S/C55H74N8O15/c1-32(2)49(61-45(66)14-9-15-47(68)63-27-24-34(25-28-63)54(71)72)53(70)60-40(11-10-26-57-55(56)73)52(69)58-36-19-16-33(17-20-36)31-78-62-46(67)13-8-7-12-44(65)59-39-22-18-35-29-43(75-4)50(76-5)51(77-6)48(35)37-21-23-42(74-3)41(64)30-38(37)39/h16-17,19-21,23,29-30,32,34,39-40,49H,7-15,18,22,24-28,31H2,1-6H3,(H,58,69)(H,59,65)(H,60,70)(H,61,66)(H,62,67)(H,71,72)(H3,56,57,73). The van der Waals surface area contributed by atoms with E-state index in [2.05, 4.69) is 32.1 Å². The summed E-state index contributed by atoms with van der Waals surface area (Å²) in [5.41, 5.74) is 11.2. The number of carbonyl (C=O) groups is 8. The third kappa shape index (κ3) is 17.5. The number of carbonyl (C=O) groups excluding carboxylic acids is 7. The number of nitrogens with one attached hydrogen (secondary N) is 6. The van der Waals surface area contributed by atoms with Crippen LogP contribution in [0, 0.1) is 11.8 Å². The molecule has 8 amide bonds. The number of piperidine rings is 1. The summed E-state index contributed by atoms with van der Waals surface area (Å²) < 4.78 is 22.5. The second kappa shape index (κ2) is 30.1. The molecule has 2 aliphatic rings. The summed E-state index contributed by atoms with van der Waals surface area (Å²) in [5.74, 6) is -2.73. The van der Waals surface area contributed by atoms with Crippen molar-refractivity contribution < 1.29 is 67.2 Å². The fraction of sp³-hybridized carbons (Fsp3) is 0.509. The fourth-order valence-corrected chi connectivity index (χ4v) is 9.38. The number of benzene rings is 2. The number of aliphatic carboxylic acids is 1. The second-order valence-corrected chi connectivity index (χ2v) is 19.5. The number of nitrogens with zero attached hydrogens (tertiary/aromatic N) is 1. The van der Waals surface area contributed by atoms with E-state index in [1.54, 1.807) is 55.1 Å². The summed E-state index contributed by atoms with van der Waals surface area (Å²) in [6.07, 6.45) is 3.39. The number of urea groups is 1. The molecule has 3 aromatic carbocycles. The molecular formula is C55H74N8O15. The van der Waals surface area contributed by atoms with Gasteiger partial charge in [-0.1, -0.05) is 32.0 Å². The molecule has 424 valence electrons. The Morgan fingerprint density at radius 3 is 2.03 bits per heavy atom. The molecule has 1 heterocycles. The summed E-state index contributed by atoms with van der Waals surface area (Å²) in [4.78, 5) is 122. The van der Waals surface area contributed by atoms with Crippen molar-refractivity contribution in [2.75, 3.05) is 53.4 Å². The molecule has 1 saturated heterocycles. The van der Waals surface area contributed by atoms with Crippen molar-refractivity contribution in [3.63, 3.8) is 0 Å². The number of methoxy groups -OCH3 is 4. The van der Waals surface area contributed by atoms with Crippen LogP contribution in [-0.4, -0.2) is 118 Å². The smallest absolute Gasteiger partial charge is 0.312 e. The zero-order valence-electron chi connectivity index (χ0n) is 45.2. The van der Waals surface area contributed by atoms with Crippen LogP contribution in [0.25, 0.3) is 11.1 Å². The monoisotopic (exact) mass is 1090 g/mol. The number of rotatable bonds is 28. The molecule has 3 atom stereocenters. The largest absolute Gasteiger partial charge is 0.493 e. The normalized spacial score (nSPS) is 14.7. The van der Waals surface area contributed by atoms with Gasteiger partial charge in [0.2, 0.25) is 46.6 Å². The second-order valence-electron chi connectivity index (χ2n) is 19.5. The van der Waals surface area contributed by atoms with Crippen LogP contribution < -0.4 is 62.2 Å². The average molecular weight is 1090 g/mol. The first-order chi connectivity index (χ1) is 37.4. The highest BCUT2D eigenvalue weighted by molar-refractivity contribution is 5.98. The lowest BCUT2D eigenvalue weighted by molar-refractivity contribution is -0.145. The van der Waals surface area contributed by atoms with Crippen LogP contribution in [0.5, 0.6) is 23.0 Å². The van der Waals surface area contributed by atoms with Crippen molar-refractivity contribution in [2.45, 2.75) is 122 Å². The Morgan fingerprint density at radius 1 is 0.731 bits per heavy atom. The molecular weight excluding hydrogens is 1010 g/mol. The highest BCUT2D eigenvalue weighted by Crippen LogP contribution is 2.50. The van der Waals surface area contributed by atoms with E-state index in [0.717, 1.165) is 5.56 Å². The third-order valence-electron chi connectivity index (χ3n) is 13.6. The number of likely N-dealkylation sites (tertiary alicyclic amines) is 1. The van der Waals surface area contributed by atoms with E-state index in [4.69, 9.17) is 29.5 Å². The van der Waals surface area contributed by atoms with Gasteiger partial charge in [-0.25, -0.2) is 10.3 Å². The Labute approximate surface area is 453 Å². The van der Waals surface area contributed by atoms with Gasteiger partial charge in [-0.15, -0.1) is 0 Å². The number of hydrogen-bond donors (Lipinski definition) is 8. The fourth-order valence-electron chi connectivity index (χ4n) is 9.38. The van der Waals surface area contributed by atoms with Gasteiger partial charge in [0, 0.05) is 56.6 Å². The maximum Gasteiger partial charge on any atom is 0.312 e. The number of carboxylic acid groups (broad SMARTS) is 1. The topological polar surface area (TPSA) is 321 Å². The number of anilines is 1. The number of unbranched alkanes of at least 4 members (excludes halogenated alkanes) is 1. The van der Waals surface area contributed by atoms with Gasteiger partial charge in [-0.2, -0.15) is 0 Å². The molecule has 3 unspecified atom stereocenters. The third-order valence-corrected chi connectivity index (χ3v) is 13.6. The first-order valence-electron chi connectivity index (χ1n) is 26.2. The molecule has 0 spiro atoms. The van der Waals surface area contributed by atoms with Gasteiger partial charge < -0.3 is 61.3 Å². The molecule has 1 aliphatic carbocycles. The summed E-state index contributed by atoms with van der Waals surface area (Å²) in [6, 6.07) is 9.91. The van der Waals surface area contributed by atoms with Crippen molar-refractivity contribution in [2.24, 2.45) is 17.6 Å². The van der Waals surface area contributed by atoms with Crippen molar-refractivity contribution >= 4 is 53.1 Å². The predicted molar refractivity (Wildman–Crippen MR) is 286 cm³/mol. The predicted octanol–water partition coefficient (Wildman–Crippen LogP) is 4.17. The number of aryl methyl sites for hydroxylation is 1. The number of carboxylic acids is 1. The van der Waals surface area contributed by atoms with Crippen LogP contribution in [0.3, 0.4) is 0 Å². The summed E-state index contributed by atoms with van der Waals surface area (Å²) in [5, 5.41) is 23.0. The number of hydroxylamine groups is 1. The average Bonchev–Trinajstić information content (AvgIpc) is 3.70. The summed E-state index contributed by atoms with van der Waals surface area (Å²) >= 11 is 0. The van der Waals surface area contributed by atoms with E-state index in [9.17, 15) is 48.3 Å². The molecule has 5 rings (SSSR count). The number of amides is 8.